The number of carbonyl (C=O) groups excluding carboxylic acids is 2. The number of hydrogen-bond acceptors (Lipinski definition) is 4. The van der Waals surface area contributed by atoms with Crippen molar-refractivity contribution < 1.29 is 18.6 Å². The van der Waals surface area contributed by atoms with E-state index >= 15 is 0 Å². The zero-order chi connectivity index (χ0) is 17.3. The third kappa shape index (κ3) is 1.69. The van der Waals surface area contributed by atoms with Gasteiger partial charge in [-0.15, -0.1) is 0 Å². The van der Waals surface area contributed by atoms with Gasteiger partial charge in [-0.1, -0.05) is 0 Å². The van der Waals surface area contributed by atoms with E-state index in [4.69, 9.17) is 9.05 Å². The van der Waals surface area contributed by atoms with Crippen molar-refractivity contribution in [1.29, 1.82) is 0 Å². The van der Waals surface area contributed by atoms with E-state index in [1.807, 2.05) is 30.3 Å². The maximum atomic E-state index is 12.8. The molecule has 0 bridgehead atoms. The van der Waals surface area contributed by atoms with Gasteiger partial charge >= 0.3 is 136 Å². The van der Waals surface area contributed by atoms with E-state index in [9.17, 15) is 9.59 Å². The van der Waals surface area contributed by atoms with Gasteiger partial charge in [0.05, 0.1) is 0 Å². The first-order valence-corrected chi connectivity index (χ1v) is 9.54. The Balaban J connectivity index is 2.39. The van der Waals surface area contributed by atoms with E-state index in [1.54, 1.807) is 41.8 Å². The molecule has 3 rings (SSSR count). The molecule has 2 fully saturated rings. The number of nitrogens with zero attached hydrogens (tertiary/aromatic N) is 2. The average molecular weight is 338 g/mol. The molecule has 0 saturated carbocycles. The molecule has 2 aliphatic rings. The van der Waals surface area contributed by atoms with Crippen LogP contribution in [0.15, 0.2) is 30.3 Å². The Hall–Kier alpha value is -1.49. The van der Waals surface area contributed by atoms with E-state index in [2.05, 4.69) is 0 Å². The average Bonchev–Trinajstić information content (AvgIpc) is 2.75. The minimum absolute atomic E-state index is 0.198. The van der Waals surface area contributed by atoms with E-state index in [0.29, 0.717) is 5.30 Å². The van der Waals surface area contributed by atoms with Gasteiger partial charge in [0.15, 0.2) is 0 Å². The summed E-state index contributed by atoms with van der Waals surface area (Å²) in [6, 6.07) is 9.31. The molecule has 2 heterocycles. The molecule has 2 amide bonds. The molecule has 2 aliphatic heterocycles. The molecule has 0 radical (unpaired) electrons. The maximum absolute atomic E-state index is 12.8. The van der Waals surface area contributed by atoms with Gasteiger partial charge in [-0.3, -0.25) is 0 Å². The molecule has 0 aromatic heterocycles. The molecule has 0 aliphatic carbocycles. The normalized spacial score (nSPS) is 28.9. The molecule has 0 unspecified atom stereocenters. The second kappa shape index (κ2) is 4.32. The van der Waals surface area contributed by atoms with Crippen molar-refractivity contribution in [2.24, 2.45) is 0 Å². The molecule has 23 heavy (non-hydrogen) atoms. The third-order valence-electron chi connectivity index (χ3n) is 4.66. The van der Waals surface area contributed by atoms with Crippen molar-refractivity contribution in [3.05, 3.63) is 30.3 Å². The van der Waals surface area contributed by atoms with E-state index < -0.39 is 18.6 Å². The fourth-order valence-electron chi connectivity index (χ4n) is 3.60. The van der Waals surface area contributed by atoms with E-state index in [0.717, 1.165) is 0 Å². The number of hydrogen-bond donors (Lipinski definition) is 0. The van der Waals surface area contributed by atoms with Gasteiger partial charge in [0.25, 0.3) is 0 Å². The number of likely N-dealkylation sites (N-methyl/N-ethyl adjacent to an activating group) is 2. The Kier molecular flexibility index (Phi) is 3.07. The molecule has 1 aromatic carbocycles. The van der Waals surface area contributed by atoms with E-state index in [-0.39, 0.29) is 11.8 Å². The van der Waals surface area contributed by atoms with Crippen LogP contribution in [0, 0.1) is 0 Å². The summed E-state index contributed by atoms with van der Waals surface area (Å²) in [4.78, 5) is 25.7. The summed E-state index contributed by atoms with van der Waals surface area (Å²) in [5.74, 6) is -0.396. The molecular weight excluding hydrogens is 315 g/mol. The fourth-order valence-corrected chi connectivity index (χ4v) is 9.04. The predicted molar refractivity (Wildman–Crippen MR) is 88.9 cm³/mol. The molecular formula is C16H23N2O4P. The van der Waals surface area contributed by atoms with Gasteiger partial charge in [-0.2, -0.15) is 0 Å². The van der Waals surface area contributed by atoms with Gasteiger partial charge in [-0.05, 0) is 0 Å². The van der Waals surface area contributed by atoms with Crippen LogP contribution < -0.4 is 5.30 Å². The van der Waals surface area contributed by atoms with Gasteiger partial charge < -0.3 is 0 Å². The monoisotopic (exact) mass is 338 g/mol. The molecule has 1 spiro atoms. The topological polar surface area (TPSA) is 59.1 Å². The van der Waals surface area contributed by atoms with Crippen LogP contribution in [0.3, 0.4) is 0 Å². The van der Waals surface area contributed by atoms with Crippen LogP contribution in [0.2, 0.25) is 0 Å². The van der Waals surface area contributed by atoms with Crippen LogP contribution in [0.4, 0.5) is 0 Å². The van der Waals surface area contributed by atoms with Crippen LogP contribution in [-0.2, 0) is 18.6 Å². The summed E-state index contributed by atoms with van der Waals surface area (Å²) in [5, 5.41) is 0.710. The van der Waals surface area contributed by atoms with Gasteiger partial charge in [0.1, 0.15) is 0 Å². The minimum atomic E-state index is -4.04. The van der Waals surface area contributed by atoms with Gasteiger partial charge in [-0.25, -0.2) is 0 Å². The van der Waals surface area contributed by atoms with Crippen LogP contribution >= 0.6 is 7.36 Å². The Morgan fingerprint density at radius 3 is 1.52 bits per heavy atom. The quantitative estimate of drug-likeness (QED) is 0.736. The van der Waals surface area contributed by atoms with Crippen LogP contribution in [-0.4, -0.2) is 46.5 Å². The molecule has 2 saturated heterocycles. The first-order chi connectivity index (χ1) is 10.5. The summed E-state index contributed by atoms with van der Waals surface area (Å²) in [7, 11) is -0.718. The van der Waals surface area contributed by atoms with Crippen molar-refractivity contribution >= 4 is 24.5 Å². The van der Waals surface area contributed by atoms with Gasteiger partial charge in [0.2, 0.25) is 0 Å². The van der Waals surface area contributed by atoms with Crippen LogP contribution in [0.1, 0.15) is 27.7 Å². The zero-order valence-corrected chi connectivity index (χ0v) is 15.3. The standard InChI is InChI=1S/C16H23N2O4P/c1-15(2)13(19)17(5)23(21-15,12-10-8-7-9-11-12)18(6)14(20)16(3,4)22-23/h7-11H,1-6H3. The Labute approximate surface area is 136 Å². The summed E-state index contributed by atoms with van der Waals surface area (Å²) in [6.07, 6.45) is 0. The SMILES string of the molecule is CN1C(=O)C(C)(C)OP12(c1ccccc1)OC(C)(C)C(=O)N2C. The predicted octanol–water partition coefficient (Wildman–Crippen LogP) is 2.06. The Morgan fingerprint density at radius 2 is 1.22 bits per heavy atom. The Morgan fingerprint density at radius 1 is 0.826 bits per heavy atom. The summed E-state index contributed by atoms with van der Waals surface area (Å²) in [6.45, 7) is 6.85. The molecule has 7 heteroatoms. The van der Waals surface area contributed by atoms with Crippen molar-refractivity contribution in [2.45, 2.75) is 38.9 Å². The van der Waals surface area contributed by atoms with Crippen molar-refractivity contribution in [2.75, 3.05) is 14.1 Å². The van der Waals surface area contributed by atoms with Crippen LogP contribution in [0.5, 0.6) is 0 Å². The van der Waals surface area contributed by atoms with Crippen molar-refractivity contribution in [3.63, 3.8) is 0 Å². The first kappa shape index (κ1) is 16.4. The van der Waals surface area contributed by atoms with Crippen molar-refractivity contribution in [3.8, 4) is 0 Å². The second-order valence-corrected chi connectivity index (χ2v) is 10.9. The summed E-state index contributed by atoms with van der Waals surface area (Å²) < 4.78 is 15.8. The third-order valence-corrected chi connectivity index (χ3v) is 9.89. The van der Waals surface area contributed by atoms with Crippen molar-refractivity contribution in [1.82, 2.24) is 9.34 Å². The number of amides is 2. The second-order valence-electron chi connectivity index (χ2n) is 7.07. The first-order valence-electron chi connectivity index (χ1n) is 7.56. The fraction of sp³-hybridized carbons (Fsp3) is 0.500. The number of rotatable bonds is 1. The molecule has 0 N–H and O–H groups in total. The summed E-state index contributed by atoms with van der Waals surface area (Å²) in [5.41, 5.74) is -2.14. The zero-order valence-electron chi connectivity index (χ0n) is 14.4. The number of benzene rings is 1. The van der Waals surface area contributed by atoms with Crippen LogP contribution in [0.25, 0.3) is 0 Å². The Bertz CT molecular complexity index is 661. The molecule has 0 atom stereocenters. The van der Waals surface area contributed by atoms with E-state index in [1.165, 1.54) is 9.34 Å². The van der Waals surface area contributed by atoms with Gasteiger partial charge in [0, 0.05) is 0 Å². The molecule has 126 valence electrons. The molecule has 6 nitrogen and oxygen atoms in total. The number of carbonyl (C=O) groups is 2. The summed E-state index contributed by atoms with van der Waals surface area (Å²) >= 11 is 0. The molecule has 1 aromatic rings.